The Labute approximate surface area is 136 Å². The second-order valence-electron chi connectivity index (χ2n) is 6.28. The first-order valence-electron chi connectivity index (χ1n) is 7.11. The predicted octanol–water partition coefficient (Wildman–Crippen LogP) is -0.866. The molecule has 1 aromatic heterocycles. The summed E-state index contributed by atoms with van der Waals surface area (Å²) in [5.41, 5.74) is -0.555. The zero-order valence-corrected chi connectivity index (χ0v) is 14.7. The molecule has 1 aliphatic heterocycles. The number of carbonyl (C=O) groups is 1. The Kier molecular flexibility index (Phi) is 5.78. The van der Waals surface area contributed by atoms with Gasteiger partial charge in [0, 0.05) is 26.2 Å². The fourth-order valence-electron chi connectivity index (χ4n) is 2.13. The minimum Gasteiger partial charge on any atom is -0.444 e. The highest BCUT2D eigenvalue weighted by atomic mass is 32.2. The van der Waals surface area contributed by atoms with Gasteiger partial charge < -0.3 is 15.1 Å². The molecule has 0 radical (unpaired) electrons. The smallest absolute Gasteiger partial charge is 0.410 e. The van der Waals surface area contributed by atoms with Gasteiger partial charge in [-0.25, -0.2) is 9.36 Å². The van der Waals surface area contributed by atoms with Crippen molar-refractivity contribution in [1.29, 1.82) is 0 Å². The van der Waals surface area contributed by atoms with Gasteiger partial charge in [-0.05, 0) is 20.8 Å². The van der Waals surface area contributed by atoms with Crippen LogP contribution < -0.4 is 4.57 Å². The summed E-state index contributed by atoms with van der Waals surface area (Å²) >= 11 is 0. The minimum absolute atomic E-state index is 0. The molecule has 132 valence electrons. The number of rotatable bonds is 2. The molecule has 0 saturated carbocycles. The van der Waals surface area contributed by atoms with Crippen molar-refractivity contribution in [1.82, 2.24) is 13.2 Å². The number of hydrogen-bond donors (Lipinski definition) is 0. The van der Waals surface area contributed by atoms with Crippen LogP contribution in [0.1, 0.15) is 20.8 Å². The average Bonchev–Trinajstić information content (AvgIpc) is 2.84. The van der Waals surface area contributed by atoms with Crippen LogP contribution in [0.5, 0.6) is 0 Å². The first-order chi connectivity index (χ1) is 10.1. The zero-order valence-electron chi connectivity index (χ0n) is 13.9. The second kappa shape index (κ2) is 6.85. The van der Waals surface area contributed by atoms with Gasteiger partial charge in [0.15, 0.2) is 0 Å². The molecule has 23 heavy (non-hydrogen) atoms. The van der Waals surface area contributed by atoms with Crippen molar-refractivity contribution in [3.8, 4) is 0 Å². The molecule has 1 aromatic rings. The number of nitrogens with zero attached hydrogens (tertiary/aromatic N) is 4. The Bertz CT molecular complexity index is 642. The Morgan fingerprint density at radius 2 is 1.74 bits per heavy atom. The van der Waals surface area contributed by atoms with Gasteiger partial charge in [-0.2, -0.15) is 12.7 Å². The molecule has 0 atom stereocenters. The molecule has 1 saturated heterocycles. The van der Waals surface area contributed by atoms with Gasteiger partial charge in [0.1, 0.15) is 18.0 Å². The van der Waals surface area contributed by atoms with E-state index in [1.807, 2.05) is 0 Å². The van der Waals surface area contributed by atoms with Gasteiger partial charge in [-0.1, -0.05) is 0 Å². The summed E-state index contributed by atoms with van der Waals surface area (Å²) in [6.45, 7) is 6.56. The van der Waals surface area contributed by atoms with Crippen LogP contribution in [0.15, 0.2) is 18.7 Å². The molecule has 1 fully saturated rings. The number of hydrogen-bond acceptors (Lipinski definition) is 4. The first kappa shape index (κ1) is 19.4. The van der Waals surface area contributed by atoms with E-state index in [2.05, 4.69) is 0 Å². The van der Waals surface area contributed by atoms with Crippen molar-refractivity contribution < 1.29 is 28.0 Å². The average molecular weight is 349 g/mol. The molecule has 0 spiro atoms. The lowest BCUT2D eigenvalue weighted by atomic mass is 10.2. The molecule has 0 unspecified atom stereocenters. The molecule has 9 nitrogen and oxygen atoms in total. The Balaban J connectivity index is 0.00000264. The third kappa shape index (κ3) is 4.66. The van der Waals surface area contributed by atoms with E-state index in [0.29, 0.717) is 13.1 Å². The van der Waals surface area contributed by atoms with Gasteiger partial charge >= 0.3 is 16.3 Å². The molecule has 1 aliphatic rings. The molecular weight excluding hydrogens is 324 g/mol. The Hall–Kier alpha value is -1.65. The lowest BCUT2D eigenvalue weighted by molar-refractivity contribution is -0.670. The number of aromatic nitrogens is 2. The highest BCUT2D eigenvalue weighted by Crippen LogP contribution is 2.14. The maximum absolute atomic E-state index is 12.4. The first-order valence-corrected chi connectivity index (χ1v) is 8.51. The van der Waals surface area contributed by atoms with E-state index in [1.165, 1.54) is 25.7 Å². The van der Waals surface area contributed by atoms with E-state index in [4.69, 9.17) is 4.74 Å². The number of carbonyl (C=O) groups excluding carboxylic acids is 1. The fourth-order valence-corrected chi connectivity index (χ4v) is 3.49. The quantitative estimate of drug-likeness (QED) is 0.647. The predicted molar refractivity (Wildman–Crippen MR) is 82.9 cm³/mol. The summed E-state index contributed by atoms with van der Waals surface area (Å²) in [6, 6.07) is 0. The molecule has 2 rings (SSSR count). The topological polar surface area (TPSA) is 107 Å². The standard InChI is InChI=1S/C13H23N4O4S.H2O/c1-13(2,3)21-12(18)15-6-9-16(10-7-15)22(19,20)17-8-5-14(4)11-17;/h5,8,11H,6-7,9-10H2,1-4H3;1H2/q+1;. The van der Waals surface area contributed by atoms with Crippen LogP contribution in [0, 0.1) is 0 Å². The molecular formula is C13H25N4O5S+. The number of amides is 1. The van der Waals surface area contributed by atoms with E-state index in [1.54, 1.807) is 38.6 Å². The van der Waals surface area contributed by atoms with Crippen LogP contribution in [0.2, 0.25) is 0 Å². The van der Waals surface area contributed by atoms with E-state index in [0.717, 1.165) is 0 Å². The van der Waals surface area contributed by atoms with Crippen molar-refractivity contribution in [2.75, 3.05) is 26.2 Å². The van der Waals surface area contributed by atoms with Crippen LogP contribution in [-0.4, -0.2) is 64.9 Å². The van der Waals surface area contributed by atoms with Crippen molar-refractivity contribution in [3.05, 3.63) is 18.7 Å². The summed E-state index contributed by atoms with van der Waals surface area (Å²) < 4.78 is 34.4. The number of ether oxygens (including phenoxy) is 1. The highest BCUT2D eigenvalue weighted by molar-refractivity contribution is 7.87. The van der Waals surface area contributed by atoms with Crippen LogP contribution in [0.4, 0.5) is 4.79 Å². The van der Waals surface area contributed by atoms with Crippen molar-refractivity contribution in [2.24, 2.45) is 7.05 Å². The lowest BCUT2D eigenvalue weighted by Gasteiger charge is -2.33. The van der Waals surface area contributed by atoms with Gasteiger partial charge in [-0.15, -0.1) is 3.97 Å². The molecule has 0 aliphatic carbocycles. The number of imidazole rings is 1. The summed E-state index contributed by atoms with van der Waals surface area (Å²) in [5, 5.41) is 0. The monoisotopic (exact) mass is 349 g/mol. The maximum atomic E-state index is 12.4. The third-order valence-electron chi connectivity index (χ3n) is 3.23. The Morgan fingerprint density at radius 3 is 2.17 bits per heavy atom. The number of aryl methyl sites for hydroxylation is 1. The van der Waals surface area contributed by atoms with Crippen LogP contribution in [-0.2, 0) is 22.0 Å². The van der Waals surface area contributed by atoms with Crippen LogP contribution in [0.25, 0.3) is 0 Å². The molecule has 10 heteroatoms. The zero-order chi connectivity index (χ0) is 16.5. The van der Waals surface area contributed by atoms with Gasteiger partial charge in [-0.3, -0.25) is 0 Å². The minimum atomic E-state index is -3.58. The summed E-state index contributed by atoms with van der Waals surface area (Å²) in [4.78, 5) is 13.5. The van der Waals surface area contributed by atoms with E-state index >= 15 is 0 Å². The Morgan fingerprint density at radius 1 is 1.17 bits per heavy atom. The van der Waals surface area contributed by atoms with Gasteiger partial charge in [0.25, 0.3) is 6.33 Å². The third-order valence-corrected chi connectivity index (χ3v) is 4.99. The highest BCUT2D eigenvalue weighted by Gasteiger charge is 2.34. The van der Waals surface area contributed by atoms with Crippen molar-refractivity contribution in [2.45, 2.75) is 26.4 Å². The van der Waals surface area contributed by atoms with Gasteiger partial charge in [0.2, 0.25) is 0 Å². The normalized spacial score (nSPS) is 16.8. The molecule has 0 aromatic carbocycles. The van der Waals surface area contributed by atoms with Crippen LogP contribution >= 0.6 is 0 Å². The number of piperazine rings is 1. The fraction of sp³-hybridized carbons (Fsp3) is 0.692. The summed E-state index contributed by atoms with van der Waals surface area (Å²) in [5.74, 6) is 0. The van der Waals surface area contributed by atoms with E-state index in [-0.39, 0.29) is 18.6 Å². The molecule has 2 heterocycles. The molecule has 1 amide bonds. The van der Waals surface area contributed by atoms with E-state index in [9.17, 15) is 13.2 Å². The molecule has 2 N–H and O–H groups in total. The lowest BCUT2D eigenvalue weighted by Crippen LogP contribution is -2.52. The molecule has 0 bridgehead atoms. The van der Waals surface area contributed by atoms with Crippen molar-refractivity contribution >= 4 is 16.3 Å². The maximum Gasteiger partial charge on any atom is 0.410 e. The largest absolute Gasteiger partial charge is 0.444 e. The SMILES string of the molecule is C[n+]1ccn(S(=O)(=O)N2CCN(C(=O)OC(C)(C)C)CC2)c1.O. The van der Waals surface area contributed by atoms with Crippen molar-refractivity contribution in [3.63, 3.8) is 0 Å². The summed E-state index contributed by atoms with van der Waals surface area (Å²) in [7, 11) is -1.82. The second-order valence-corrected chi connectivity index (χ2v) is 8.12. The van der Waals surface area contributed by atoms with E-state index < -0.39 is 21.9 Å². The van der Waals surface area contributed by atoms with Crippen LogP contribution in [0.3, 0.4) is 0 Å². The van der Waals surface area contributed by atoms with Gasteiger partial charge in [0.05, 0.1) is 7.05 Å². The summed E-state index contributed by atoms with van der Waals surface area (Å²) in [6.07, 6.45) is 4.25.